The fraction of sp³-hybridized carbons (Fsp3) is 0. The molecular formula is C19H12Cl2N2. The maximum atomic E-state index is 9.48. The van der Waals surface area contributed by atoms with E-state index in [9.17, 15) is 5.26 Å². The van der Waals surface area contributed by atoms with Crippen LogP contribution in [-0.4, -0.2) is 4.57 Å². The van der Waals surface area contributed by atoms with Gasteiger partial charge in [-0.05, 0) is 60.2 Å². The summed E-state index contributed by atoms with van der Waals surface area (Å²) >= 11 is 12.0. The SMILES string of the molecule is N#CC(=Cc1cccn1-c1ccc(Cl)cc1)c1cccc(Cl)c1. The van der Waals surface area contributed by atoms with Crippen molar-refractivity contribution in [1.82, 2.24) is 4.57 Å². The standard InChI is InChI=1S/C19H12Cl2N2/c20-16-6-8-18(9-7-16)23-10-2-5-19(23)12-15(13-22)14-3-1-4-17(21)11-14/h1-12H. The number of aromatic nitrogens is 1. The molecule has 2 aromatic carbocycles. The van der Waals surface area contributed by atoms with Gasteiger partial charge >= 0.3 is 0 Å². The number of hydrogen-bond donors (Lipinski definition) is 0. The minimum absolute atomic E-state index is 0.557. The second-order valence-electron chi connectivity index (χ2n) is 4.96. The molecule has 0 aliphatic rings. The highest BCUT2D eigenvalue weighted by molar-refractivity contribution is 6.31. The molecule has 0 aliphatic heterocycles. The average molecular weight is 339 g/mol. The molecule has 0 atom stereocenters. The van der Waals surface area contributed by atoms with Gasteiger partial charge in [-0.25, -0.2) is 0 Å². The van der Waals surface area contributed by atoms with E-state index in [1.54, 1.807) is 12.1 Å². The van der Waals surface area contributed by atoms with Gasteiger partial charge in [0.15, 0.2) is 0 Å². The molecule has 0 amide bonds. The van der Waals surface area contributed by atoms with E-state index in [4.69, 9.17) is 23.2 Å². The Morgan fingerprint density at radius 2 is 1.74 bits per heavy atom. The van der Waals surface area contributed by atoms with Crippen molar-refractivity contribution >= 4 is 34.9 Å². The number of nitrogens with zero attached hydrogens (tertiary/aromatic N) is 2. The van der Waals surface area contributed by atoms with E-state index in [1.165, 1.54) is 0 Å². The third-order valence-electron chi connectivity index (χ3n) is 3.43. The van der Waals surface area contributed by atoms with Gasteiger partial charge in [-0.2, -0.15) is 5.26 Å². The van der Waals surface area contributed by atoms with E-state index >= 15 is 0 Å². The van der Waals surface area contributed by atoms with Crippen molar-refractivity contribution in [3.05, 3.63) is 88.2 Å². The van der Waals surface area contributed by atoms with Gasteiger partial charge in [0.1, 0.15) is 0 Å². The first-order valence-electron chi connectivity index (χ1n) is 6.98. The second kappa shape index (κ2) is 6.75. The van der Waals surface area contributed by atoms with Crippen molar-refractivity contribution in [1.29, 1.82) is 5.26 Å². The summed E-state index contributed by atoms with van der Waals surface area (Å²) in [5.41, 5.74) is 3.24. The van der Waals surface area contributed by atoms with Gasteiger partial charge in [0.25, 0.3) is 0 Å². The number of nitriles is 1. The molecule has 0 saturated heterocycles. The van der Waals surface area contributed by atoms with Crippen molar-refractivity contribution < 1.29 is 0 Å². The van der Waals surface area contributed by atoms with Crippen LogP contribution in [0, 0.1) is 11.3 Å². The summed E-state index contributed by atoms with van der Waals surface area (Å²) < 4.78 is 2.00. The number of benzene rings is 2. The molecular weight excluding hydrogens is 327 g/mol. The molecule has 0 unspecified atom stereocenters. The predicted octanol–water partition coefficient (Wildman–Crippen LogP) is 5.85. The first kappa shape index (κ1) is 15.4. The van der Waals surface area contributed by atoms with Crippen LogP contribution < -0.4 is 0 Å². The fourth-order valence-corrected chi connectivity index (χ4v) is 2.65. The minimum atomic E-state index is 0.557. The summed E-state index contributed by atoms with van der Waals surface area (Å²) in [5.74, 6) is 0. The summed E-state index contributed by atoms with van der Waals surface area (Å²) in [4.78, 5) is 0. The highest BCUT2D eigenvalue weighted by Gasteiger charge is 2.06. The smallest absolute Gasteiger partial charge is 0.0998 e. The van der Waals surface area contributed by atoms with Gasteiger partial charge < -0.3 is 4.57 Å². The third-order valence-corrected chi connectivity index (χ3v) is 3.92. The average Bonchev–Trinajstić information content (AvgIpc) is 3.01. The van der Waals surface area contributed by atoms with Gasteiger partial charge in [-0.15, -0.1) is 0 Å². The maximum Gasteiger partial charge on any atom is 0.0998 e. The lowest BCUT2D eigenvalue weighted by Gasteiger charge is -2.07. The molecule has 0 spiro atoms. The fourth-order valence-electron chi connectivity index (χ4n) is 2.33. The topological polar surface area (TPSA) is 28.7 Å². The van der Waals surface area contributed by atoms with Crippen molar-refractivity contribution in [3.63, 3.8) is 0 Å². The molecule has 3 rings (SSSR count). The Labute approximate surface area is 144 Å². The zero-order valence-corrected chi connectivity index (χ0v) is 13.6. The largest absolute Gasteiger partial charge is 0.317 e. The van der Waals surface area contributed by atoms with Crippen LogP contribution in [0.1, 0.15) is 11.3 Å². The van der Waals surface area contributed by atoms with Crippen LogP contribution in [0.15, 0.2) is 66.9 Å². The normalized spacial score (nSPS) is 11.3. The van der Waals surface area contributed by atoms with E-state index in [0.29, 0.717) is 15.6 Å². The molecule has 3 aromatic rings. The molecule has 0 N–H and O–H groups in total. The van der Waals surface area contributed by atoms with Crippen LogP contribution in [-0.2, 0) is 0 Å². The van der Waals surface area contributed by atoms with E-state index in [-0.39, 0.29) is 0 Å². The molecule has 4 heteroatoms. The summed E-state index contributed by atoms with van der Waals surface area (Å²) in [5, 5.41) is 10.8. The first-order chi connectivity index (χ1) is 11.2. The van der Waals surface area contributed by atoms with E-state index in [2.05, 4.69) is 6.07 Å². The molecule has 0 radical (unpaired) electrons. The summed E-state index contributed by atoms with van der Waals surface area (Å²) in [6, 6.07) is 21.0. The Bertz CT molecular complexity index is 900. The van der Waals surface area contributed by atoms with Crippen LogP contribution in [0.3, 0.4) is 0 Å². The second-order valence-corrected chi connectivity index (χ2v) is 5.83. The number of hydrogen-bond acceptors (Lipinski definition) is 1. The quantitative estimate of drug-likeness (QED) is 0.550. The van der Waals surface area contributed by atoms with Crippen LogP contribution in [0.2, 0.25) is 10.0 Å². The third kappa shape index (κ3) is 3.48. The number of rotatable bonds is 3. The van der Waals surface area contributed by atoms with Gasteiger partial charge in [0, 0.05) is 27.6 Å². The molecule has 1 aromatic heterocycles. The molecule has 23 heavy (non-hydrogen) atoms. The Balaban J connectivity index is 2.04. The monoisotopic (exact) mass is 338 g/mol. The van der Waals surface area contributed by atoms with E-state index < -0.39 is 0 Å². The molecule has 112 valence electrons. The van der Waals surface area contributed by atoms with Crippen LogP contribution in [0.25, 0.3) is 17.3 Å². The Morgan fingerprint density at radius 3 is 2.43 bits per heavy atom. The number of allylic oxidation sites excluding steroid dienone is 1. The maximum absolute atomic E-state index is 9.48. The van der Waals surface area contributed by atoms with Crippen LogP contribution in [0.5, 0.6) is 0 Å². The van der Waals surface area contributed by atoms with E-state index in [1.807, 2.05) is 65.4 Å². The zero-order valence-electron chi connectivity index (χ0n) is 12.1. The highest BCUT2D eigenvalue weighted by atomic mass is 35.5. The summed E-state index contributed by atoms with van der Waals surface area (Å²) in [6.07, 6.45) is 3.79. The predicted molar refractivity (Wildman–Crippen MR) is 95.7 cm³/mol. The first-order valence-corrected chi connectivity index (χ1v) is 7.74. The lowest BCUT2D eigenvalue weighted by Crippen LogP contribution is -1.94. The van der Waals surface area contributed by atoms with Gasteiger partial charge in [0.05, 0.1) is 11.6 Å². The van der Waals surface area contributed by atoms with Gasteiger partial charge in [0.2, 0.25) is 0 Å². The Kier molecular flexibility index (Phi) is 4.52. The summed E-state index contributed by atoms with van der Waals surface area (Å²) in [7, 11) is 0. The molecule has 0 bridgehead atoms. The molecule has 2 nitrogen and oxygen atoms in total. The summed E-state index contributed by atoms with van der Waals surface area (Å²) in [6.45, 7) is 0. The van der Waals surface area contributed by atoms with E-state index in [0.717, 1.165) is 16.9 Å². The lowest BCUT2D eigenvalue weighted by molar-refractivity contribution is 1.06. The highest BCUT2D eigenvalue weighted by Crippen LogP contribution is 2.23. The van der Waals surface area contributed by atoms with Crippen LogP contribution in [0.4, 0.5) is 0 Å². The number of halogens is 2. The van der Waals surface area contributed by atoms with Crippen LogP contribution >= 0.6 is 23.2 Å². The van der Waals surface area contributed by atoms with Crippen molar-refractivity contribution in [2.24, 2.45) is 0 Å². The molecule has 0 aliphatic carbocycles. The molecule has 0 saturated carbocycles. The molecule has 0 fully saturated rings. The van der Waals surface area contributed by atoms with Gasteiger partial charge in [-0.1, -0.05) is 35.3 Å². The van der Waals surface area contributed by atoms with Gasteiger partial charge in [-0.3, -0.25) is 0 Å². The zero-order chi connectivity index (χ0) is 16.2. The van der Waals surface area contributed by atoms with Crippen molar-refractivity contribution in [2.75, 3.05) is 0 Å². The minimum Gasteiger partial charge on any atom is -0.317 e. The Morgan fingerprint density at radius 1 is 0.957 bits per heavy atom. The van der Waals surface area contributed by atoms with Crippen molar-refractivity contribution in [2.45, 2.75) is 0 Å². The lowest BCUT2D eigenvalue weighted by atomic mass is 10.1. The Hall–Kier alpha value is -2.47. The molecule has 1 heterocycles. The van der Waals surface area contributed by atoms with Crippen molar-refractivity contribution in [3.8, 4) is 11.8 Å².